The summed E-state index contributed by atoms with van der Waals surface area (Å²) in [5.41, 5.74) is 2.03. The van der Waals surface area contributed by atoms with Gasteiger partial charge in [-0.1, -0.05) is 6.07 Å². The molecule has 1 heterocycles. The van der Waals surface area contributed by atoms with Gasteiger partial charge in [0.2, 0.25) is 10.0 Å². The van der Waals surface area contributed by atoms with Gasteiger partial charge in [-0.2, -0.15) is 0 Å². The average molecular weight is 299 g/mol. The van der Waals surface area contributed by atoms with Crippen LogP contribution in [0.3, 0.4) is 0 Å². The molecule has 0 amide bonds. The molecule has 0 spiro atoms. The van der Waals surface area contributed by atoms with Crippen LogP contribution in [-0.4, -0.2) is 45.9 Å². The third kappa shape index (κ3) is 3.59. The van der Waals surface area contributed by atoms with Gasteiger partial charge in [0.05, 0.1) is 7.12 Å². The van der Waals surface area contributed by atoms with Crippen molar-refractivity contribution < 1.29 is 13.9 Å². The summed E-state index contributed by atoms with van der Waals surface area (Å²) < 4.78 is 55.8. The van der Waals surface area contributed by atoms with E-state index in [0.717, 1.165) is 10.9 Å². The number of fused-ring (bicyclic) bond motifs is 1. The third-order valence-corrected chi connectivity index (χ3v) is 4.46. The number of aromatic amines is 1. The molecule has 1 aromatic heterocycles. The minimum atomic E-state index is -3.38. The van der Waals surface area contributed by atoms with Gasteiger partial charge in [-0.05, 0) is 50.8 Å². The quantitative estimate of drug-likeness (QED) is 0.845. The van der Waals surface area contributed by atoms with Crippen molar-refractivity contribution in [3.63, 3.8) is 0 Å². The summed E-state index contributed by atoms with van der Waals surface area (Å²) in [4.78, 5) is 4.19. The maximum Gasteiger partial charge on any atom is 0.215 e. The van der Waals surface area contributed by atoms with Crippen LogP contribution in [0.1, 0.15) is 16.6 Å². The lowest BCUT2D eigenvalue weighted by molar-refractivity contribution is 0.414. The topological polar surface area (TPSA) is 65.2 Å². The Bertz CT molecular complexity index is 830. The van der Waals surface area contributed by atoms with Crippen molar-refractivity contribution in [2.24, 2.45) is 0 Å². The molecule has 6 heteroatoms. The predicted molar refractivity (Wildman–Crippen MR) is 82.2 cm³/mol. The Morgan fingerprint density at radius 2 is 2.30 bits per heavy atom. The lowest BCUT2D eigenvalue weighted by Crippen LogP contribution is -2.20. The van der Waals surface area contributed by atoms with Crippen molar-refractivity contribution in [1.29, 1.82) is 0 Å². The highest BCUT2D eigenvalue weighted by molar-refractivity contribution is 7.88. The maximum absolute atomic E-state index is 11.7. The van der Waals surface area contributed by atoms with Gasteiger partial charge in [0.15, 0.2) is 0 Å². The number of hydrogen-bond donors (Lipinski definition) is 2. The molecule has 2 aromatic rings. The molecule has 0 fully saturated rings. The lowest BCUT2D eigenvalue weighted by Gasteiger charge is -2.08. The largest absolute Gasteiger partial charge is 0.361 e. The van der Waals surface area contributed by atoms with Gasteiger partial charge < -0.3 is 9.88 Å². The maximum atomic E-state index is 11.7. The molecular weight excluding hydrogens is 274 g/mol. The molecule has 2 N–H and O–H groups in total. The number of aromatic nitrogens is 1. The number of H-pyrrole nitrogens is 1. The molecule has 2 rings (SSSR count). The van der Waals surface area contributed by atoms with E-state index in [4.69, 9.17) is 5.48 Å². The van der Waals surface area contributed by atoms with E-state index >= 15 is 0 Å². The van der Waals surface area contributed by atoms with Gasteiger partial charge in [0.1, 0.15) is 0 Å². The summed E-state index contributed by atoms with van der Waals surface area (Å²) in [6.45, 7) is -1.91. The molecule has 20 heavy (non-hydrogen) atoms. The highest BCUT2D eigenvalue weighted by Crippen LogP contribution is 2.21. The van der Waals surface area contributed by atoms with Crippen LogP contribution in [0.5, 0.6) is 0 Å². The molecule has 1 aromatic carbocycles. The Kier molecular flexibility index (Phi) is 3.08. The number of hydrogen-bond acceptors (Lipinski definition) is 3. The average Bonchev–Trinajstić information content (AvgIpc) is 2.78. The number of benzene rings is 1. The second-order valence-electron chi connectivity index (χ2n) is 4.74. The summed E-state index contributed by atoms with van der Waals surface area (Å²) in [5, 5.41) is 0.753. The van der Waals surface area contributed by atoms with Crippen LogP contribution < -0.4 is 4.72 Å². The summed E-state index contributed by atoms with van der Waals surface area (Å²) in [6, 6.07) is 5.18. The highest BCUT2D eigenvalue weighted by Gasteiger charge is 2.11. The van der Waals surface area contributed by atoms with Crippen LogP contribution in [0.4, 0.5) is 0 Å². The van der Waals surface area contributed by atoms with E-state index in [2.05, 4.69) is 9.71 Å². The molecule has 110 valence electrons. The number of likely N-dealkylation sites (N-methyl/N-ethyl adjacent to an activating group) is 1. The molecule has 0 bridgehead atoms. The zero-order chi connectivity index (χ0) is 18.1. The number of rotatable bonds is 6. The van der Waals surface area contributed by atoms with Gasteiger partial charge in [0, 0.05) is 27.7 Å². The predicted octanol–water partition coefficient (Wildman–Crippen LogP) is 1.32. The van der Waals surface area contributed by atoms with Crippen LogP contribution in [0.25, 0.3) is 10.9 Å². The molecule has 0 unspecified atom stereocenters. The van der Waals surface area contributed by atoms with Crippen LogP contribution >= 0.6 is 0 Å². The number of nitrogens with one attached hydrogen (secondary N) is 2. The first-order chi connectivity index (χ1) is 11.0. The standard InChI is InChI=1S/C14H21N3O2S/c1-15-20(18,19)10-11-4-5-14-13(8-11)12(9-16-14)6-7-17(2)3/h4-5,8-9,15-16H,6-7,10H2,1-3H3/i2D3,9D. The molecule has 0 aliphatic heterocycles. The molecule has 5 nitrogen and oxygen atoms in total. The molecular formula is C14H21N3O2S. The van der Waals surface area contributed by atoms with Crippen LogP contribution in [0.2, 0.25) is 0 Å². The Hall–Kier alpha value is -1.37. The van der Waals surface area contributed by atoms with Gasteiger partial charge >= 0.3 is 0 Å². The smallest absolute Gasteiger partial charge is 0.215 e. The Balaban J connectivity index is 2.31. The van der Waals surface area contributed by atoms with Crippen molar-refractivity contribution in [2.45, 2.75) is 12.2 Å². The monoisotopic (exact) mass is 299 g/mol. The molecule has 0 saturated heterocycles. The van der Waals surface area contributed by atoms with E-state index in [1.54, 1.807) is 18.2 Å². The number of sulfonamides is 1. The molecule has 0 saturated carbocycles. The molecule has 0 atom stereocenters. The zero-order valence-electron chi connectivity index (χ0n) is 15.5. The second-order valence-corrected chi connectivity index (χ2v) is 6.67. The van der Waals surface area contributed by atoms with Gasteiger partial charge in [-0.3, -0.25) is 0 Å². The highest BCUT2D eigenvalue weighted by atomic mass is 32.2. The van der Waals surface area contributed by atoms with Gasteiger partial charge in [-0.25, -0.2) is 13.1 Å². The van der Waals surface area contributed by atoms with E-state index in [9.17, 15) is 8.42 Å². The first kappa shape index (κ1) is 10.4. The molecule has 0 aliphatic carbocycles. The van der Waals surface area contributed by atoms with Crippen LogP contribution in [0, 0.1) is 0 Å². The fourth-order valence-electron chi connectivity index (χ4n) is 2.02. The van der Waals surface area contributed by atoms with Crippen molar-refractivity contribution in [3.8, 4) is 0 Å². The van der Waals surface area contributed by atoms with Crippen molar-refractivity contribution >= 4 is 20.9 Å². The Morgan fingerprint density at radius 1 is 1.50 bits per heavy atom. The van der Waals surface area contributed by atoms with E-state index in [1.807, 2.05) is 0 Å². The van der Waals surface area contributed by atoms with Gasteiger partial charge in [-0.15, -0.1) is 0 Å². The summed E-state index contributed by atoms with van der Waals surface area (Å²) in [6.07, 6.45) is 0.605. The van der Waals surface area contributed by atoms with Crippen LogP contribution in [-0.2, 0) is 22.2 Å². The van der Waals surface area contributed by atoms with Crippen LogP contribution in [0.15, 0.2) is 24.4 Å². The zero-order valence-corrected chi connectivity index (χ0v) is 12.3. The van der Waals surface area contributed by atoms with E-state index in [0.29, 0.717) is 17.5 Å². The summed E-state index contributed by atoms with van der Waals surface area (Å²) >= 11 is 0. The first-order valence-corrected chi connectivity index (χ1v) is 7.91. The lowest BCUT2D eigenvalue weighted by atomic mass is 10.1. The minimum Gasteiger partial charge on any atom is -0.361 e. The SMILES string of the molecule is [2H]c1[nH]c2ccc(CS(=O)(=O)NC)cc2c1CCN(C)C([2H])([2H])[2H]. The number of nitrogens with zero attached hydrogens (tertiary/aromatic N) is 1. The van der Waals surface area contributed by atoms with E-state index in [-0.39, 0.29) is 18.5 Å². The first-order valence-electron chi connectivity index (χ1n) is 8.26. The summed E-state index contributed by atoms with van der Waals surface area (Å²) in [5.74, 6) is -0.146. The fourth-order valence-corrected chi connectivity index (χ4v) is 2.78. The third-order valence-electron chi connectivity index (χ3n) is 3.12. The normalized spacial score (nSPS) is 15.9. The molecule has 0 aliphatic rings. The van der Waals surface area contributed by atoms with E-state index in [1.165, 1.54) is 19.0 Å². The summed E-state index contributed by atoms with van der Waals surface area (Å²) in [7, 11) is -0.508. The fraction of sp³-hybridized carbons (Fsp3) is 0.429. The van der Waals surface area contributed by atoms with Gasteiger partial charge in [0.25, 0.3) is 0 Å². The Labute approximate surface area is 125 Å². The van der Waals surface area contributed by atoms with E-state index < -0.39 is 17.0 Å². The molecule has 0 radical (unpaired) electrons. The van der Waals surface area contributed by atoms with Crippen molar-refractivity contribution in [1.82, 2.24) is 14.6 Å². The van der Waals surface area contributed by atoms with Crippen molar-refractivity contribution in [2.75, 3.05) is 27.6 Å². The minimum absolute atomic E-state index is 0.146. The Morgan fingerprint density at radius 3 is 3.00 bits per heavy atom. The second kappa shape index (κ2) is 5.95. The van der Waals surface area contributed by atoms with Crippen molar-refractivity contribution in [3.05, 3.63) is 35.5 Å².